The zero-order chi connectivity index (χ0) is 13.8. The van der Waals surface area contributed by atoms with E-state index in [1.807, 2.05) is 13.0 Å². The first kappa shape index (κ1) is 13.9. The zero-order valence-corrected chi connectivity index (χ0v) is 11.4. The highest BCUT2D eigenvalue weighted by molar-refractivity contribution is 5.91. The van der Waals surface area contributed by atoms with Crippen molar-refractivity contribution >= 4 is 5.97 Å². The van der Waals surface area contributed by atoms with E-state index in [0.29, 0.717) is 5.75 Å². The van der Waals surface area contributed by atoms with Crippen molar-refractivity contribution < 1.29 is 19.4 Å². The van der Waals surface area contributed by atoms with Crippen molar-refractivity contribution in [2.75, 3.05) is 7.11 Å². The molecule has 1 aliphatic rings. The summed E-state index contributed by atoms with van der Waals surface area (Å²) in [6.07, 6.45) is 4.14. The minimum atomic E-state index is -0.946. The second-order valence-electron chi connectivity index (χ2n) is 5.07. The van der Waals surface area contributed by atoms with Crippen LogP contribution in [-0.2, 0) is 4.74 Å². The largest absolute Gasteiger partial charge is 0.489 e. The van der Waals surface area contributed by atoms with E-state index in [0.717, 1.165) is 31.2 Å². The lowest BCUT2D eigenvalue weighted by atomic mass is 9.95. The maximum Gasteiger partial charge on any atom is 0.339 e. The van der Waals surface area contributed by atoms with Crippen LogP contribution in [0.4, 0.5) is 0 Å². The molecule has 0 radical (unpaired) electrons. The number of carbonyl (C=O) groups is 1. The van der Waals surface area contributed by atoms with Gasteiger partial charge in [-0.25, -0.2) is 4.79 Å². The Balaban J connectivity index is 2.12. The fraction of sp³-hybridized carbons (Fsp3) is 0.533. The Hall–Kier alpha value is -1.55. The lowest BCUT2D eigenvalue weighted by molar-refractivity contribution is 0.0204. The Kier molecular flexibility index (Phi) is 4.43. The second-order valence-corrected chi connectivity index (χ2v) is 5.07. The van der Waals surface area contributed by atoms with Crippen LogP contribution in [0.2, 0.25) is 0 Å². The van der Waals surface area contributed by atoms with Crippen molar-refractivity contribution in [3.63, 3.8) is 0 Å². The molecule has 1 saturated carbocycles. The first-order chi connectivity index (χ1) is 9.10. The third-order valence-corrected chi connectivity index (χ3v) is 3.57. The number of aromatic carboxylic acids is 1. The normalized spacial score (nSPS) is 23.1. The zero-order valence-electron chi connectivity index (χ0n) is 11.4. The fourth-order valence-electron chi connectivity index (χ4n) is 2.52. The van der Waals surface area contributed by atoms with Crippen LogP contribution in [0.15, 0.2) is 18.2 Å². The van der Waals surface area contributed by atoms with E-state index < -0.39 is 5.97 Å². The second kappa shape index (κ2) is 6.06. The van der Waals surface area contributed by atoms with E-state index in [2.05, 4.69) is 0 Å². The molecule has 19 heavy (non-hydrogen) atoms. The quantitative estimate of drug-likeness (QED) is 0.908. The summed E-state index contributed by atoms with van der Waals surface area (Å²) in [6, 6.07) is 5.27. The highest BCUT2D eigenvalue weighted by Crippen LogP contribution is 2.28. The van der Waals surface area contributed by atoms with Gasteiger partial charge in [-0.2, -0.15) is 0 Å². The van der Waals surface area contributed by atoms with Gasteiger partial charge in [-0.3, -0.25) is 0 Å². The molecule has 2 atom stereocenters. The smallest absolute Gasteiger partial charge is 0.339 e. The van der Waals surface area contributed by atoms with Gasteiger partial charge >= 0.3 is 5.97 Å². The number of carboxylic acid groups (broad SMARTS) is 1. The SMILES string of the molecule is COC1CCCC(Oc2ccc(C)cc2C(=O)O)C1. The summed E-state index contributed by atoms with van der Waals surface area (Å²) in [7, 11) is 1.71. The Morgan fingerprint density at radius 1 is 1.32 bits per heavy atom. The van der Waals surface area contributed by atoms with Crippen LogP contribution in [0.1, 0.15) is 41.6 Å². The van der Waals surface area contributed by atoms with E-state index in [4.69, 9.17) is 9.47 Å². The van der Waals surface area contributed by atoms with Crippen LogP contribution < -0.4 is 4.74 Å². The van der Waals surface area contributed by atoms with Gasteiger partial charge in [-0.1, -0.05) is 11.6 Å². The molecule has 0 spiro atoms. The van der Waals surface area contributed by atoms with Gasteiger partial charge in [0.2, 0.25) is 0 Å². The summed E-state index contributed by atoms with van der Waals surface area (Å²) < 4.78 is 11.2. The van der Waals surface area contributed by atoms with Crippen LogP contribution in [0.25, 0.3) is 0 Å². The average molecular weight is 264 g/mol. The standard InChI is InChI=1S/C15H20O4/c1-10-6-7-14(13(8-10)15(16)17)19-12-5-3-4-11(9-12)18-2/h6-8,11-12H,3-5,9H2,1-2H3,(H,16,17). The number of aryl methyl sites for hydroxylation is 1. The lowest BCUT2D eigenvalue weighted by Crippen LogP contribution is -2.29. The molecule has 1 N–H and O–H groups in total. The number of rotatable bonds is 4. The molecular formula is C15H20O4. The van der Waals surface area contributed by atoms with E-state index in [9.17, 15) is 9.90 Å². The number of carboxylic acids is 1. The Morgan fingerprint density at radius 3 is 2.74 bits per heavy atom. The molecule has 0 bridgehead atoms. The molecule has 104 valence electrons. The average Bonchev–Trinajstić information content (AvgIpc) is 2.41. The predicted molar refractivity (Wildman–Crippen MR) is 71.8 cm³/mol. The van der Waals surface area contributed by atoms with Crippen LogP contribution >= 0.6 is 0 Å². The van der Waals surface area contributed by atoms with Gasteiger partial charge < -0.3 is 14.6 Å². The topological polar surface area (TPSA) is 55.8 Å². The minimum Gasteiger partial charge on any atom is -0.489 e. The molecule has 2 rings (SSSR count). The summed E-state index contributed by atoms with van der Waals surface area (Å²) in [5, 5.41) is 9.21. The van der Waals surface area contributed by atoms with E-state index in [-0.39, 0.29) is 17.8 Å². The molecule has 4 heteroatoms. The Labute approximate surface area is 113 Å². The van der Waals surface area contributed by atoms with E-state index >= 15 is 0 Å². The monoisotopic (exact) mass is 264 g/mol. The van der Waals surface area contributed by atoms with Gasteiger partial charge in [-0.05, 0) is 38.3 Å². The van der Waals surface area contributed by atoms with Gasteiger partial charge in [0.05, 0.1) is 6.10 Å². The van der Waals surface area contributed by atoms with Crippen molar-refractivity contribution in [3.8, 4) is 5.75 Å². The van der Waals surface area contributed by atoms with Crippen LogP contribution in [-0.4, -0.2) is 30.4 Å². The Morgan fingerprint density at radius 2 is 2.05 bits per heavy atom. The molecule has 0 aromatic heterocycles. The third-order valence-electron chi connectivity index (χ3n) is 3.57. The number of hydrogen-bond donors (Lipinski definition) is 1. The molecule has 0 heterocycles. The fourth-order valence-corrected chi connectivity index (χ4v) is 2.52. The highest BCUT2D eigenvalue weighted by atomic mass is 16.5. The molecule has 1 aromatic rings. The van der Waals surface area contributed by atoms with Gasteiger partial charge in [0, 0.05) is 13.5 Å². The predicted octanol–water partition coefficient (Wildman–Crippen LogP) is 3.03. The molecule has 0 amide bonds. The van der Waals surface area contributed by atoms with Crippen LogP contribution in [0.3, 0.4) is 0 Å². The molecule has 0 saturated heterocycles. The first-order valence-corrected chi connectivity index (χ1v) is 6.63. The summed E-state index contributed by atoms with van der Waals surface area (Å²) >= 11 is 0. The lowest BCUT2D eigenvalue weighted by Gasteiger charge is -2.29. The van der Waals surface area contributed by atoms with Crippen molar-refractivity contribution in [2.24, 2.45) is 0 Å². The van der Waals surface area contributed by atoms with Crippen molar-refractivity contribution in [3.05, 3.63) is 29.3 Å². The summed E-state index contributed by atoms with van der Waals surface area (Å²) in [5.41, 5.74) is 1.16. The number of ether oxygens (including phenoxy) is 2. The molecule has 2 unspecified atom stereocenters. The molecular weight excluding hydrogens is 244 g/mol. The number of benzene rings is 1. The first-order valence-electron chi connectivity index (χ1n) is 6.63. The van der Waals surface area contributed by atoms with Crippen molar-refractivity contribution in [2.45, 2.75) is 44.8 Å². The van der Waals surface area contributed by atoms with E-state index in [1.54, 1.807) is 19.2 Å². The maximum atomic E-state index is 11.2. The number of methoxy groups -OCH3 is 1. The molecule has 4 nitrogen and oxygen atoms in total. The van der Waals surface area contributed by atoms with Crippen LogP contribution in [0, 0.1) is 6.92 Å². The van der Waals surface area contributed by atoms with Crippen molar-refractivity contribution in [1.29, 1.82) is 0 Å². The third kappa shape index (κ3) is 3.47. The molecule has 1 aromatic carbocycles. The summed E-state index contributed by atoms with van der Waals surface area (Å²) in [6.45, 7) is 1.87. The maximum absolute atomic E-state index is 11.2. The van der Waals surface area contributed by atoms with E-state index in [1.165, 1.54) is 0 Å². The van der Waals surface area contributed by atoms with Crippen LogP contribution in [0.5, 0.6) is 5.75 Å². The van der Waals surface area contributed by atoms with Crippen molar-refractivity contribution in [1.82, 2.24) is 0 Å². The summed E-state index contributed by atoms with van der Waals surface area (Å²) in [5.74, 6) is -0.488. The minimum absolute atomic E-state index is 0.0412. The van der Waals surface area contributed by atoms with Gasteiger partial charge in [0.25, 0.3) is 0 Å². The number of hydrogen-bond acceptors (Lipinski definition) is 3. The highest BCUT2D eigenvalue weighted by Gasteiger charge is 2.24. The van der Waals surface area contributed by atoms with Gasteiger partial charge in [-0.15, -0.1) is 0 Å². The molecule has 1 aliphatic carbocycles. The molecule has 1 fully saturated rings. The Bertz CT molecular complexity index is 455. The summed E-state index contributed by atoms with van der Waals surface area (Å²) in [4.78, 5) is 11.2. The molecule has 0 aliphatic heterocycles. The van der Waals surface area contributed by atoms with Gasteiger partial charge in [0.1, 0.15) is 17.4 Å². The van der Waals surface area contributed by atoms with Gasteiger partial charge in [0.15, 0.2) is 0 Å².